The zero-order valence-electron chi connectivity index (χ0n) is 7.69. The standard InChI is InChI=1S/C9H10N2O2S/c1-7(12)11-9(13)6-14-8-2-4-10-5-3-8/h2-5H,6H2,1H3,(H,11,12,13). The van der Waals surface area contributed by atoms with Crippen molar-refractivity contribution in [2.45, 2.75) is 11.8 Å². The van der Waals surface area contributed by atoms with Gasteiger partial charge in [-0.15, -0.1) is 11.8 Å². The molecule has 14 heavy (non-hydrogen) atoms. The van der Waals surface area contributed by atoms with Gasteiger partial charge in [-0.1, -0.05) is 0 Å². The fourth-order valence-corrected chi connectivity index (χ4v) is 1.50. The Morgan fingerprint density at radius 3 is 2.64 bits per heavy atom. The van der Waals surface area contributed by atoms with Gasteiger partial charge in [-0.25, -0.2) is 0 Å². The van der Waals surface area contributed by atoms with E-state index in [2.05, 4.69) is 10.3 Å². The fourth-order valence-electron chi connectivity index (χ4n) is 0.816. The topological polar surface area (TPSA) is 59.1 Å². The summed E-state index contributed by atoms with van der Waals surface area (Å²) in [6.45, 7) is 1.31. The highest BCUT2D eigenvalue weighted by molar-refractivity contribution is 8.00. The van der Waals surface area contributed by atoms with E-state index in [1.165, 1.54) is 18.7 Å². The van der Waals surface area contributed by atoms with Crippen LogP contribution in [-0.4, -0.2) is 22.6 Å². The van der Waals surface area contributed by atoms with Gasteiger partial charge in [-0.05, 0) is 12.1 Å². The molecule has 0 aromatic carbocycles. The Kier molecular flexibility index (Phi) is 4.12. The van der Waals surface area contributed by atoms with Gasteiger partial charge in [-0.2, -0.15) is 0 Å². The summed E-state index contributed by atoms with van der Waals surface area (Å²) in [4.78, 5) is 26.4. The van der Waals surface area contributed by atoms with Crippen molar-refractivity contribution < 1.29 is 9.59 Å². The van der Waals surface area contributed by atoms with Crippen LogP contribution in [0.4, 0.5) is 0 Å². The molecule has 74 valence electrons. The summed E-state index contributed by atoms with van der Waals surface area (Å²) in [5, 5.41) is 2.20. The molecule has 5 heteroatoms. The second-order valence-corrected chi connectivity index (χ2v) is 3.62. The number of hydrogen-bond donors (Lipinski definition) is 1. The molecule has 0 saturated carbocycles. The zero-order valence-corrected chi connectivity index (χ0v) is 8.50. The van der Waals surface area contributed by atoms with Gasteiger partial charge in [-0.3, -0.25) is 19.9 Å². The van der Waals surface area contributed by atoms with E-state index in [1.807, 2.05) is 12.1 Å². The molecule has 1 heterocycles. The van der Waals surface area contributed by atoms with Crippen LogP contribution in [0.25, 0.3) is 0 Å². The number of nitrogens with zero attached hydrogens (tertiary/aromatic N) is 1. The average molecular weight is 210 g/mol. The molecule has 0 unspecified atom stereocenters. The molecule has 0 bridgehead atoms. The third kappa shape index (κ3) is 4.04. The van der Waals surface area contributed by atoms with Gasteiger partial charge in [0.25, 0.3) is 0 Å². The first-order valence-electron chi connectivity index (χ1n) is 4.02. The first-order chi connectivity index (χ1) is 6.68. The maximum atomic E-state index is 11.1. The molecule has 0 aliphatic carbocycles. The van der Waals surface area contributed by atoms with Crippen LogP contribution in [-0.2, 0) is 9.59 Å². The largest absolute Gasteiger partial charge is 0.296 e. The smallest absolute Gasteiger partial charge is 0.236 e. The van der Waals surface area contributed by atoms with Crippen LogP contribution in [0, 0.1) is 0 Å². The molecule has 2 amide bonds. The van der Waals surface area contributed by atoms with Gasteiger partial charge < -0.3 is 0 Å². The van der Waals surface area contributed by atoms with E-state index in [0.717, 1.165) is 4.90 Å². The molecule has 1 aromatic rings. The van der Waals surface area contributed by atoms with Crippen molar-refractivity contribution in [1.29, 1.82) is 0 Å². The normalized spacial score (nSPS) is 9.50. The van der Waals surface area contributed by atoms with Crippen molar-refractivity contribution in [2.24, 2.45) is 0 Å². The minimum absolute atomic E-state index is 0.240. The molecule has 0 saturated heterocycles. The fraction of sp³-hybridized carbons (Fsp3) is 0.222. The molecule has 1 rings (SSSR count). The van der Waals surface area contributed by atoms with E-state index in [4.69, 9.17) is 0 Å². The Morgan fingerprint density at radius 2 is 2.07 bits per heavy atom. The number of nitrogens with one attached hydrogen (secondary N) is 1. The summed E-state index contributed by atoms with van der Waals surface area (Å²) in [6, 6.07) is 3.62. The van der Waals surface area contributed by atoms with E-state index >= 15 is 0 Å². The minimum Gasteiger partial charge on any atom is -0.296 e. The van der Waals surface area contributed by atoms with Gasteiger partial charge in [0.1, 0.15) is 0 Å². The van der Waals surface area contributed by atoms with Crippen LogP contribution in [0.15, 0.2) is 29.4 Å². The van der Waals surface area contributed by atoms with Gasteiger partial charge in [0.15, 0.2) is 0 Å². The Labute approximate surface area is 86.1 Å². The molecular formula is C9H10N2O2S. The predicted octanol–water partition coefficient (Wildman–Crippen LogP) is 0.836. The van der Waals surface area contributed by atoms with Gasteiger partial charge in [0.2, 0.25) is 11.8 Å². The molecule has 4 nitrogen and oxygen atoms in total. The van der Waals surface area contributed by atoms with Crippen molar-refractivity contribution in [2.75, 3.05) is 5.75 Å². The van der Waals surface area contributed by atoms with Crippen molar-refractivity contribution in [3.63, 3.8) is 0 Å². The average Bonchev–Trinajstić information content (AvgIpc) is 2.15. The molecule has 0 spiro atoms. The van der Waals surface area contributed by atoms with Gasteiger partial charge >= 0.3 is 0 Å². The predicted molar refractivity (Wildman–Crippen MR) is 53.8 cm³/mol. The lowest BCUT2D eigenvalue weighted by molar-refractivity contribution is -0.127. The highest BCUT2D eigenvalue weighted by Gasteiger charge is 2.03. The third-order valence-electron chi connectivity index (χ3n) is 1.34. The number of thioether (sulfide) groups is 1. The number of amides is 2. The number of hydrogen-bond acceptors (Lipinski definition) is 4. The summed E-state index contributed by atoms with van der Waals surface area (Å²) in [5.41, 5.74) is 0. The lowest BCUT2D eigenvalue weighted by Crippen LogP contribution is -2.29. The van der Waals surface area contributed by atoms with Gasteiger partial charge in [0.05, 0.1) is 5.75 Å². The molecule has 0 fully saturated rings. The molecule has 1 N–H and O–H groups in total. The van der Waals surface area contributed by atoms with Crippen molar-refractivity contribution in [3.05, 3.63) is 24.5 Å². The molecule has 1 aromatic heterocycles. The van der Waals surface area contributed by atoms with E-state index in [-0.39, 0.29) is 17.6 Å². The quantitative estimate of drug-likeness (QED) is 0.751. The number of pyridine rings is 1. The summed E-state index contributed by atoms with van der Waals surface area (Å²) in [5.74, 6) is -0.367. The van der Waals surface area contributed by atoms with E-state index in [9.17, 15) is 9.59 Å². The zero-order chi connectivity index (χ0) is 10.4. The number of carbonyl (C=O) groups excluding carboxylic acids is 2. The lowest BCUT2D eigenvalue weighted by Gasteiger charge is -2.00. The van der Waals surface area contributed by atoms with Crippen molar-refractivity contribution >= 4 is 23.6 Å². The van der Waals surface area contributed by atoms with Crippen LogP contribution in [0.3, 0.4) is 0 Å². The van der Waals surface area contributed by atoms with Crippen molar-refractivity contribution in [1.82, 2.24) is 10.3 Å². The Hall–Kier alpha value is -1.36. The van der Waals surface area contributed by atoms with Crippen LogP contribution in [0.1, 0.15) is 6.92 Å². The van der Waals surface area contributed by atoms with Crippen molar-refractivity contribution in [3.8, 4) is 0 Å². The number of carbonyl (C=O) groups is 2. The van der Waals surface area contributed by atoms with E-state index in [1.54, 1.807) is 12.4 Å². The van der Waals surface area contributed by atoms with E-state index in [0.29, 0.717) is 0 Å². The van der Waals surface area contributed by atoms with Crippen LogP contribution in [0.5, 0.6) is 0 Å². The second-order valence-electron chi connectivity index (χ2n) is 2.58. The lowest BCUT2D eigenvalue weighted by atomic mass is 10.5. The maximum Gasteiger partial charge on any atom is 0.236 e. The molecule has 0 aliphatic heterocycles. The second kappa shape index (κ2) is 5.39. The van der Waals surface area contributed by atoms with E-state index < -0.39 is 0 Å². The summed E-state index contributed by atoms with van der Waals surface area (Å²) in [7, 11) is 0. The van der Waals surface area contributed by atoms with Crippen LogP contribution in [0.2, 0.25) is 0 Å². The minimum atomic E-state index is -0.328. The van der Waals surface area contributed by atoms with Gasteiger partial charge in [0, 0.05) is 24.2 Å². The number of imide groups is 1. The monoisotopic (exact) mass is 210 g/mol. The molecule has 0 aliphatic rings. The highest BCUT2D eigenvalue weighted by Crippen LogP contribution is 2.15. The van der Waals surface area contributed by atoms with Crippen LogP contribution >= 0.6 is 11.8 Å². The molecule has 0 radical (unpaired) electrons. The Bertz CT molecular complexity index is 327. The third-order valence-corrected chi connectivity index (χ3v) is 2.35. The molecule has 0 atom stereocenters. The first-order valence-corrected chi connectivity index (χ1v) is 5.00. The summed E-state index contributed by atoms with van der Waals surface area (Å²) < 4.78 is 0. The SMILES string of the molecule is CC(=O)NC(=O)CSc1ccncc1. The highest BCUT2D eigenvalue weighted by atomic mass is 32.2. The van der Waals surface area contributed by atoms with Crippen LogP contribution < -0.4 is 5.32 Å². The Morgan fingerprint density at radius 1 is 1.43 bits per heavy atom. The Balaban J connectivity index is 2.34. The summed E-state index contributed by atoms with van der Waals surface area (Å²) in [6.07, 6.45) is 3.32. The maximum absolute atomic E-state index is 11.1. The summed E-state index contributed by atoms with van der Waals surface area (Å²) >= 11 is 1.37. The number of aromatic nitrogens is 1. The number of rotatable bonds is 3. The molecular weight excluding hydrogens is 200 g/mol. The first kappa shape index (κ1) is 10.7.